The molecule has 1 aromatic rings. The van der Waals surface area contributed by atoms with Crippen LogP contribution in [0.15, 0.2) is 24.3 Å². The number of nitrogens with one attached hydrogen (secondary N) is 2. The van der Waals surface area contributed by atoms with Crippen LogP contribution in [-0.2, 0) is 27.4 Å². The molecular formula is C21H34N2O3. The molecule has 1 saturated heterocycles. The maximum atomic E-state index is 5.68. The summed E-state index contributed by atoms with van der Waals surface area (Å²) in [5.74, 6) is 0.681. The SMILES string of the molecule is CCOCCOCc1cccc(CNC2CCCC2C2COCCN2)c1. The van der Waals surface area contributed by atoms with Gasteiger partial charge in [0.15, 0.2) is 0 Å². The normalized spacial score (nSPS) is 26.3. The van der Waals surface area contributed by atoms with Gasteiger partial charge < -0.3 is 24.8 Å². The van der Waals surface area contributed by atoms with Crippen molar-refractivity contribution >= 4 is 0 Å². The Balaban J connectivity index is 1.44. The van der Waals surface area contributed by atoms with Gasteiger partial charge in [-0.25, -0.2) is 0 Å². The molecule has 0 bridgehead atoms. The van der Waals surface area contributed by atoms with Gasteiger partial charge in [-0.15, -0.1) is 0 Å². The van der Waals surface area contributed by atoms with E-state index in [1.807, 2.05) is 6.92 Å². The van der Waals surface area contributed by atoms with E-state index >= 15 is 0 Å². The number of hydrogen-bond acceptors (Lipinski definition) is 5. The predicted molar refractivity (Wildman–Crippen MR) is 103 cm³/mol. The summed E-state index contributed by atoms with van der Waals surface area (Å²) in [7, 11) is 0. The van der Waals surface area contributed by atoms with E-state index < -0.39 is 0 Å². The minimum Gasteiger partial charge on any atom is -0.379 e. The van der Waals surface area contributed by atoms with E-state index in [-0.39, 0.29) is 0 Å². The van der Waals surface area contributed by atoms with Crippen molar-refractivity contribution in [3.05, 3.63) is 35.4 Å². The van der Waals surface area contributed by atoms with Gasteiger partial charge >= 0.3 is 0 Å². The summed E-state index contributed by atoms with van der Waals surface area (Å²) in [6.45, 7) is 8.32. The molecule has 1 aromatic carbocycles. The number of rotatable bonds is 10. The van der Waals surface area contributed by atoms with Crippen molar-refractivity contribution in [2.24, 2.45) is 5.92 Å². The Bertz CT molecular complexity index is 520. The lowest BCUT2D eigenvalue weighted by atomic mass is 9.94. The zero-order valence-corrected chi connectivity index (χ0v) is 16.0. The van der Waals surface area contributed by atoms with E-state index in [1.165, 1.54) is 30.4 Å². The Morgan fingerprint density at radius 1 is 1.19 bits per heavy atom. The van der Waals surface area contributed by atoms with Crippen LogP contribution in [0.4, 0.5) is 0 Å². The third-order valence-corrected chi connectivity index (χ3v) is 5.44. The molecule has 5 heteroatoms. The van der Waals surface area contributed by atoms with Crippen molar-refractivity contribution in [1.82, 2.24) is 10.6 Å². The van der Waals surface area contributed by atoms with Crippen molar-refractivity contribution in [2.75, 3.05) is 39.6 Å². The molecule has 0 spiro atoms. The number of hydrogen-bond donors (Lipinski definition) is 2. The van der Waals surface area contributed by atoms with Gasteiger partial charge in [-0.2, -0.15) is 0 Å². The van der Waals surface area contributed by atoms with Crippen molar-refractivity contribution in [2.45, 2.75) is 51.4 Å². The highest BCUT2D eigenvalue weighted by Crippen LogP contribution is 2.29. The first-order valence-electron chi connectivity index (χ1n) is 10.1. The van der Waals surface area contributed by atoms with E-state index in [1.54, 1.807) is 0 Å². The summed E-state index contributed by atoms with van der Waals surface area (Å²) in [4.78, 5) is 0. The molecule has 1 saturated carbocycles. The lowest BCUT2D eigenvalue weighted by Crippen LogP contribution is -2.50. The molecule has 146 valence electrons. The highest BCUT2D eigenvalue weighted by atomic mass is 16.5. The second kappa shape index (κ2) is 11.0. The lowest BCUT2D eigenvalue weighted by molar-refractivity contribution is 0.0452. The molecular weight excluding hydrogens is 328 g/mol. The lowest BCUT2D eigenvalue weighted by Gasteiger charge is -2.33. The molecule has 2 fully saturated rings. The van der Waals surface area contributed by atoms with Crippen molar-refractivity contribution in [3.63, 3.8) is 0 Å². The molecule has 2 aliphatic rings. The van der Waals surface area contributed by atoms with E-state index in [9.17, 15) is 0 Å². The molecule has 5 nitrogen and oxygen atoms in total. The molecule has 26 heavy (non-hydrogen) atoms. The van der Waals surface area contributed by atoms with Crippen LogP contribution in [0.1, 0.15) is 37.3 Å². The highest BCUT2D eigenvalue weighted by molar-refractivity contribution is 5.23. The quantitative estimate of drug-likeness (QED) is 0.627. The Kier molecular flexibility index (Phi) is 8.36. The van der Waals surface area contributed by atoms with Gasteiger partial charge in [0.2, 0.25) is 0 Å². The molecule has 1 heterocycles. The summed E-state index contributed by atoms with van der Waals surface area (Å²) in [5, 5.41) is 7.44. The van der Waals surface area contributed by atoms with E-state index in [0.29, 0.717) is 37.8 Å². The molecule has 0 aromatic heterocycles. The molecule has 0 amide bonds. The van der Waals surface area contributed by atoms with Crippen LogP contribution < -0.4 is 10.6 Å². The van der Waals surface area contributed by atoms with Crippen molar-refractivity contribution in [3.8, 4) is 0 Å². The van der Waals surface area contributed by atoms with Gasteiger partial charge in [0.25, 0.3) is 0 Å². The minimum atomic E-state index is 0.508. The standard InChI is InChI=1S/C21H34N2O3/c1-2-24-11-12-26-15-18-6-3-5-17(13-18)14-23-20-8-4-7-19(20)21-16-25-10-9-22-21/h3,5-6,13,19-23H,2,4,7-12,14-16H2,1H3. The van der Waals surface area contributed by atoms with Gasteiger partial charge in [0.05, 0.1) is 33.0 Å². The monoisotopic (exact) mass is 362 g/mol. The van der Waals surface area contributed by atoms with Gasteiger partial charge in [-0.3, -0.25) is 0 Å². The summed E-state index contributed by atoms with van der Waals surface area (Å²) in [6, 6.07) is 9.80. The molecule has 3 atom stereocenters. The van der Waals surface area contributed by atoms with E-state index in [0.717, 1.165) is 32.9 Å². The maximum Gasteiger partial charge on any atom is 0.0718 e. The van der Waals surface area contributed by atoms with Crippen LogP contribution in [0.25, 0.3) is 0 Å². The fourth-order valence-electron chi connectivity index (χ4n) is 4.12. The Hall–Kier alpha value is -0.980. The van der Waals surface area contributed by atoms with Gasteiger partial charge in [-0.05, 0) is 36.8 Å². The fraction of sp³-hybridized carbons (Fsp3) is 0.714. The van der Waals surface area contributed by atoms with Gasteiger partial charge in [0.1, 0.15) is 0 Å². The fourth-order valence-corrected chi connectivity index (χ4v) is 4.12. The predicted octanol–water partition coefficient (Wildman–Crippen LogP) is 2.49. The summed E-state index contributed by atoms with van der Waals surface area (Å²) in [5.41, 5.74) is 2.56. The molecule has 1 aliphatic carbocycles. The summed E-state index contributed by atoms with van der Waals surface area (Å²) >= 11 is 0. The Morgan fingerprint density at radius 3 is 2.92 bits per heavy atom. The highest BCUT2D eigenvalue weighted by Gasteiger charge is 2.34. The largest absolute Gasteiger partial charge is 0.379 e. The Labute approximate surface area is 157 Å². The topological polar surface area (TPSA) is 51.8 Å². The second-order valence-electron chi connectivity index (χ2n) is 7.29. The zero-order chi connectivity index (χ0) is 18.0. The third-order valence-electron chi connectivity index (χ3n) is 5.44. The first-order valence-corrected chi connectivity index (χ1v) is 10.1. The molecule has 1 aliphatic heterocycles. The van der Waals surface area contributed by atoms with E-state index in [4.69, 9.17) is 14.2 Å². The van der Waals surface area contributed by atoms with Crippen LogP contribution in [0.3, 0.4) is 0 Å². The van der Waals surface area contributed by atoms with Crippen LogP contribution in [0.2, 0.25) is 0 Å². The van der Waals surface area contributed by atoms with Crippen LogP contribution in [0.5, 0.6) is 0 Å². The van der Waals surface area contributed by atoms with Crippen LogP contribution in [0, 0.1) is 5.92 Å². The molecule has 3 rings (SSSR count). The summed E-state index contributed by atoms with van der Waals surface area (Å²) < 4.78 is 16.7. The van der Waals surface area contributed by atoms with Gasteiger partial charge in [-0.1, -0.05) is 30.7 Å². The maximum absolute atomic E-state index is 5.68. The zero-order valence-electron chi connectivity index (χ0n) is 16.0. The average Bonchev–Trinajstić information content (AvgIpc) is 3.16. The number of morpholine rings is 1. The number of ether oxygens (including phenoxy) is 3. The molecule has 0 radical (unpaired) electrons. The van der Waals surface area contributed by atoms with Crippen LogP contribution >= 0.6 is 0 Å². The summed E-state index contributed by atoms with van der Waals surface area (Å²) in [6.07, 6.45) is 3.88. The van der Waals surface area contributed by atoms with Gasteiger partial charge in [0, 0.05) is 31.8 Å². The van der Waals surface area contributed by atoms with Crippen LogP contribution in [-0.4, -0.2) is 51.7 Å². The first-order chi connectivity index (χ1) is 12.9. The number of benzene rings is 1. The minimum absolute atomic E-state index is 0.508. The molecule has 3 unspecified atom stereocenters. The Morgan fingerprint density at radius 2 is 2.08 bits per heavy atom. The first kappa shape index (κ1) is 19.8. The average molecular weight is 363 g/mol. The smallest absolute Gasteiger partial charge is 0.0718 e. The van der Waals surface area contributed by atoms with E-state index in [2.05, 4.69) is 34.9 Å². The van der Waals surface area contributed by atoms with Crippen molar-refractivity contribution in [1.29, 1.82) is 0 Å². The second-order valence-corrected chi connectivity index (χ2v) is 7.29. The van der Waals surface area contributed by atoms with Crippen molar-refractivity contribution < 1.29 is 14.2 Å². The molecule has 2 N–H and O–H groups in total. The third kappa shape index (κ3) is 6.03.